The van der Waals surface area contributed by atoms with E-state index in [1.165, 1.54) is 0 Å². The lowest BCUT2D eigenvalue weighted by Gasteiger charge is -2.17. The summed E-state index contributed by atoms with van der Waals surface area (Å²) >= 11 is 0. The van der Waals surface area contributed by atoms with Crippen molar-refractivity contribution in [2.24, 2.45) is 0 Å². The van der Waals surface area contributed by atoms with E-state index >= 15 is 0 Å². The number of benzene rings is 2. The number of hydrogen-bond donors (Lipinski definition) is 0. The molecule has 0 spiro atoms. The summed E-state index contributed by atoms with van der Waals surface area (Å²) in [6, 6.07) is 18.2. The number of carbonyl (C=O) groups is 1. The molecule has 4 heteroatoms. The minimum atomic E-state index is 0.0677. The molecule has 4 rings (SSSR count). The molecule has 2 heterocycles. The second-order valence-corrected chi connectivity index (χ2v) is 6.98. The molecule has 3 aromatic rings. The fraction of sp³-hybridized carbons (Fsp3) is 0.273. The molecule has 0 radical (unpaired) electrons. The van der Waals surface area contributed by atoms with Gasteiger partial charge < -0.3 is 4.90 Å². The highest BCUT2D eigenvalue weighted by atomic mass is 16.2. The summed E-state index contributed by atoms with van der Waals surface area (Å²) in [4.78, 5) is 15.1. The van der Waals surface area contributed by atoms with Crippen molar-refractivity contribution in [1.82, 2.24) is 14.7 Å². The van der Waals surface area contributed by atoms with Gasteiger partial charge in [-0.05, 0) is 49.9 Å². The van der Waals surface area contributed by atoms with Crippen LogP contribution in [0, 0.1) is 13.8 Å². The standard InChI is InChI=1S/C22H23N3O/c1-16-10-11-17(2)20(14-16)25-21(22(26)24-12-6-7-13-24)15-19(23-25)18-8-4-3-5-9-18/h3-5,8-11,14-15H,6-7,12-13H2,1-2H3. The lowest BCUT2D eigenvalue weighted by Crippen LogP contribution is -2.29. The van der Waals surface area contributed by atoms with Gasteiger partial charge in [-0.1, -0.05) is 42.5 Å². The molecular formula is C22H23N3O. The molecule has 1 amide bonds. The summed E-state index contributed by atoms with van der Waals surface area (Å²) in [6.07, 6.45) is 2.16. The first-order chi connectivity index (χ1) is 12.6. The average molecular weight is 345 g/mol. The SMILES string of the molecule is Cc1ccc(C)c(-n2nc(-c3ccccc3)cc2C(=O)N2CCCC2)c1. The molecule has 1 aliphatic heterocycles. The number of nitrogens with zero attached hydrogens (tertiary/aromatic N) is 3. The van der Waals surface area contributed by atoms with Crippen molar-refractivity contribution < 1.29 is 4.79 Å². The van der Waals surface area contributed by atoms with Crippen LogP contribution in [0.15, 0.2) is 54.6 Å². The third kappa shape index (κ3) is 3.03. The van der Waals surface area contributed by atoms with Crippen LogP contribution in [0.5, 0.6) is 0 Å². The van der Waals surface area contributed by atoms with Crippen molar-refractivity contribution in [3.05, 3.63) is 71.4 Å². The maximum atomic E-state index is 13.1. The Kier molecular flexibility index (Phi) is 4.33. The molecule has 1 aliphatic rings. The van der Waals surface area contributed by atoms with Gasteiger partial charge in [0.2, 0.25) is 0 Å². The minimum absolute atomic E-state index is 0.0677. The Balaban J connectivity index is 1.86. The predicted molar refractivity (Wildman–Crippen MR) is 104 cm³/mol. The van der Waals surface area contributed by atoms with E-state index < -0.39 is 0 Å². The second-order valence-electron chi connectivity index (χ2n) is 6.98. The van der Waals surface area contributed by atoms with E-state index in [1.807, 2.05) is 46.0 Å². The Morgan fingerprint density at radius 3 is 2.42 bits per heavy atom. The van der Waals surface area contributed by atoms with Gasteiger partial charge in [-0.3, -0.25) is 4.79 Å². The highest BCUT2D eigenvalue weighted by Crippen LogP contribution is 2.25. The Labute approximate surface area is 154 Å². The first-order valence-electron chi connectivity index (χ1n) is 9.16. The van der Waals surface area contributed by atoms with Crippen LogP contribution in [-0.4, -0.2) is 33.7 Å². The van der Waals surface area contributed by atoms with E-state index in [0.717, 1.165) is 54.0 Å². The van der Waals surface area contributed by atoms with Gasteiger partial charge in [-0.25, -0.2) is 4.68 Å². The molecule has 1 fully saturated rings. The van der Waals surface area contributed by atoms with Crippen LogP contribution in [0.4, 0.5) is 0 Å². The lowest BCUT2D eigenvalue weighted by atomic mass is 10.1. The van der Waals surface area contributed by atoms with Crippen LogP contribution < -0.4 is 0 Å². The van der Waals surface area contributed by atoms with Gasteiger partial charge in [0.05, 0.1) is 11.4 Å². The number of aryl methyl sites for hydroxylation is 2. The number of amides is 1. The molecule has 26 heavy (non-hydrogen) atoms. The van der Waals surface area contributed by atoms with Gasteiger partial charge >= 0.3 is 0 Å². The molecule has 1 saturated heterocycles. The average Bonchev–Trinajstić information content (AvgIpc) is 3.34. The maximum Gasteiger partial charge on any atom is 0.272 e. The normalized spacial score (nSPS) is 14.0. The zero-order valence-electron chi connectivity index (χ0n) is 15.3. The van der Waals surface area contributed by atoms with E-state index in [1.54, 1.807) is 0 Å². The van der Waals surface area contributed by atoms with Gasteiger partial charge in [-0.15, -0.1) is 0 Å². The zero-order valence-corrected chi connectivity index (χ0v) is 15.3. The molecule has 0 N–H and O–H groups in total. The monoisotopic (exact) mass is 345 g/mol. The van der Waals surface area contributed by atoms with Crippen molar-refractivity contribution >= 4 is 5.91 Å². The predicted octanol–water partition coefficient (Wildman–Crippen LogP) is 4.39. The Morgan fingerprint density at radius 1 is 0.962 bits per heavy atom. The largest absolute Gasteiger partial charge is 0.337 e. The molecule has 2 aromatic carbocycles. The van der Waals surface area contributed by atoms with Crippen LogP contribution in [-0.2, 0) is 0 Å². The molecule has 4 nitrogen and oxygen atoms in total. The summed E-state index contributed by atoms with van der Waals surface area (Å²) in [5.41, 5.74) is 5.71. The maximum absolute atomic E-state index is 13.1. The van der Waals surface area contributed by atoms with Crippen molar-refractivity contribution in [1.29, 1.82) is 0 Å². The van der Waals surface area contributed by atoms with Gasteiger partial charge in [0.25, 0.3) is 5.91 Å². The van der Waals surface area contributed by atoms with Crippen molar-refractivity contribution in [3.63, 3.8) is 0 Å². The third-order valence-corrected chi connectivity index (χ3v) is 4.98. The summed E-state index contributed by atoms with van der Waals surface area (Å²) in [5, 5.41) is 4.81. The van der Waals surface area contributed by atoms with Crippen molar-refractivity contribution in [2.75, 3.05) is 13.1 Å². The van der Waals surface area contributed by atoms with Crippen LogP contribution in [0.25, 0.3) is 16.9 Å². The molecule has 1 aromatic heterocycles. The van der Waals surface area contributed by atoms with E-state index in [2.05, 4.69) is 32.0 Å². The summed E-state index contributed by atoms with van der Waals surface area (Å²) < 4.78 is 1.82. The van der Waals surface area contributed by atoms with Crippen molar-refractivity contribution in [3.8, 4) is 16.9 Å². The smallest absolute Gasteiger partial charge is 0.272 e. The number of carbonyl (C=O) groups excluding carboxylic acids is 1. The van der Waals surface area contributed by atoms with Crippen LogP contribution in [0.1, 0.15) is 34.5 Å². The number of aromatic nitrogens is 2. The topological polar surface area (TPSA) is 38.1 Å². The van der Waals surface area contributed by atoms with Crippen molar-refractivity contribution in [2.45, 2.75) is 26.7 Å². The van der Waals surface area contributed by atoms with Gasteiger partial charge in [0.1, 0.15) is 5.69 Å². The number of hydrogen-bond acceptors (Lipinski definition) is 2. The second kappa shape index (κ2) is 6.79. The highest BCUT2D eigenvalue weighted by Gasteiger charge is 2.25. The van der Waals surface area contributed by atoms with E-state index in [0.29, 0.717) is 5.69 Å². The minimum Gasteiger partial charge on any atom is -0.337 e. The molecule has 0 aliphatic carbocycles. The summed E-state index contributed by atoms with van der Waals surface area (Å²) in [5.74, 6) is 0.0677. The zero-order chi connectivity index (χ0) is 18.1. The van der Waals surface area contributed by atoms with E-state index in [4.69, 9.17) is 5.10 Å². The molecule has 132 valence electrons. The lowest BCUT2D eigenvalue weighted by molar-refractivity contribution is 0.0784. The van der Waals surface area contributed by atoms with Gasteiger partial charge in [0.15, 0.2) is 0 Å². The Morgan fingerprint density at radius 2 is 1.69 bits per heavy atom. The van der Waals surface area contributed by atoms with Crippen LogP contribution in [0.3, 0.4) is 0 Å². The Bertz CT molecular complexity index is 937. The third-order valence-electron chi connectivity index (χ3n) is 4.98. The fourth-order valence-corrected chi connectivity index (χ4v) is 3.50. The van der Waals surface area contributed by atoms with Crippen LogP contribution >= 0.6 is 0 Å². The first kappa shape index (κ1) is 16.6. The van der Waals surface area contributed by atoms with Gasteiger partial charge in [0, 0.05) is 18.7 Å². The number of rotatable bonds is 3. The Hall–Kier alpha value is -2.88. The quantitative estimate of drug-likeness (QED) is 0.706. The van der Waals surface area contributed by atoms with Crippen LogP contribution in [0.2, 0.25) is 0 Å². The summed E-state index contributed by atoms with van der Waals surface area (Å²) in [6.45, 7) is 5.78. The molecule has 0 bridgehead atoms. The molecule has 0 saturated carbocycles. The number of likely N-dealkylation sites (tertiary alicyclic amines) is 1. The fourth-order valence-electron chi connectivity index (χ4n) is 3.50. The van der Waals surface area contributed by atoms with Gasteiger partial charge in [-0.2, -0.15) is 5.10 Å². The molecule has 0 atom stereocenters. The van der Waals surface area contributed by atoms with E-state index in [9.17, 15) is 4.79 Å². The molecule has 0 unspecified atom stereocenters. The summed E-state index contributed by atoms with van der Waals surface area (Å²) in [7, 11) is 0. The molecular weight excluding hydrogens is 322 g/mol. The van der Waals surface area contributed by atoms with E-state index in [-0.39, 0.29) is 5.91 Å². The first-order valence-corrected chi connectivity index (χ1v) is 9.16. The highest BCUT2D eigenvalue weighted by molar-refractivity contribution is 5.94.